The number of piperidine rings is 1. The van der Waals surface area contributed by atoms with Gasteiger partial charge in [0.1, 0.15) is 6.04 Å². The van der Waals surface area contributed by atoms with Crippen LogP contribution in [0.1, 0.15) is 26.2 Å². The Balaban J connectivity index is 2.36. The Hall–Kier alpha value is -0.750. The molecule has 2 N–H and O–H groups in total. The molecule has 0 radical (unpaired) electrons. The topological polar surface area (TPSA) is 61.4 Å². The molecule has 0 aromatic rings. The Morgan fingerprint density at radius 2 is 2.17 bits per heavy atom. The Kier molecular flexibility index (Phi) is 6.49. The van der Waals surface area contributed by atoms with E-state index in [0.29, 0.717) is 18.3 Å². The van der Waals surface area contributed by atoms with Gasteiger partial charge in [0, 0.05) is 25.3 Å². The molecule has 1 rings (SSSR count). The number of amides is 2. The molecule has 0 aromatic heterocycles. The van der Waals surface area contributed by atoms with Crippen LogP contribution >= 0.6 is 12.6 Å². The van der Waals surface area contributed by atoms with E-state index in [4.69, 9.17) is 0 Å². The SMILES string of the molecule is CC(=O)NC(CS)C(=O)NCC1CCCCN1C. The molecule has 18 heavy (non-hydrogen) atoms. The van der Waals surface area contributed by atoms with E-state index in [1.807, 2.05) is 0 Å². The maximum Gasteiger partial charge on any atom is 0.243 e. The quantitative estimate of drug-likeness (QED) is 0.619. The number of hydrogen-bond donors (Lipinski definition) is 3. The molecule has 2 amide bonds. The number of likely N-dealkylation sites (tertiary alicyclic amines) is 1. The first-order valence-corrected chi connectivity index (χ1v) is 7.03. The predicted octanol–water partition coefficient (Wildman–Crippen LogP) is 0.0214. The minimum atomic E-state index is -0.542. The van der Waals surface area contributed by atoms with E-state index in [-0.39, 0.29) is 11.8 Å². The first kappa shape index (κ1) is 15.3. The van der Waals surface area contributed by atoms with Crippen molar-refractivity contribution in [3.8, 4) is 0 Å². The average Bonchev–Trinajstić information content (AvgIpc) is 2.34. The summed E-state index contributed by atoms with van der Waals surface area (Å²) >= 11 is 4.08. The molecule has 0 bridgehead atoms. The van der Waals surface area contributed by atoms with E-state index in [1.165, 1.54) is 19.8 Å². The summed E-state index contributed by atoms with van der Waals surface area (Å²) in [5, 5.41) is 5.48. The normalized spacial score (nSPS) is 22.3. The zero-order valence-corrected chi connectivity index (χ0v) is 12.0. The lowest BCUT2D eigenvalue weighted by Crippen LogP contribution is -2.51. The highest BCUT2D eigenvalue weighted by atomic mass is 32.1. The fraction of sp³-hybridized carbons (Fsp3) is 0.833. The molecule has 5 nitrogen and oxygen atoms in total. The smallest absolute Gasteiger partial charge is 0.243 e. The van der Waals surface area contributed by atoms with Crippen LogP contribution in [0.4, 0.5) is 0 Å². The summed E-state index contributed by atoms with van der Waals surface area (Å²) in [6.45, 7) is 3.13. The standard InChI is InChI=1S/C12H23N3O2S/c1-9(16)14-11(8-18)12(17)13-7-10-5-3-4-6-15(10)2/h10-11,18H,3-8H2,1-2H3,(H,13,17)(H,14,16). The second-order valence-corrected chi connectivity index (χ2v) is 5.18. The van der Waals surface area contributed by atoms with Crippen LogP contribution in [-0.4, -0.2) is 54.7 Å². The van der Waals surface area contributed by atoms with Gasteiger partial charge in [0.15, 0.2) is 0 Å². The number of hydrogen-bond acceptors (Lipinski definition) is 4. The van der Waals surface area contributed by atoms with Crippen LogP contribution in [0.25, 0.3) is 0 Å². The van der Waals surface area contributed by atoms with Gasteiger partial charge in [-0.05, 0) is 26.4 Å². The highest BCUT2D eigenvalue weighted by Gasteiger charge is 2.22. The van der Waals surface area contributed by atoms with E-state index in [9.17, 15) is 9.59 Å². The zero-order chi connectivity index (χ0) is 13.5. The van der Waals surface area contributed by atoms with Gasteiger partial charge in [-0.15, -0.1) is 0 Å². The van der Waals surface area contributed by atoms with Gasteiger partial charge in [-0.2, -0.15) is 12.6 Å². The molecule has 104 valence electrons. The van der Waals surface area contributed by atoms with Crippen molar-refractivity contribution in [3.63, 3.8) is 0 Å². The summed E-state index contributed by atoms with van der Waals surface area (Å²) in [6, 6.07) is -0.139. The third-order valence-corrected chi connectivity index (χ3v) is 3.68. The molecule has 0 aromatic carbocycles. The van der Waals surface area contributed by atoms with Crippen molar-refractivity contribution in [3.05, 3.63) is 0 Å². The van der Waals surface area contributed by atoms with Gasteiger partial charge in [0.05, 0.1) is 0 Å². The Morgan fingerprint density at radius 1 is 1.44 bits per heavy atom. The van der Waals surface area contributed by atoms with Gasteiger partial charge in [0.2, 0.25) is 11.8 Å². The number of nitrogens with zero attached hydrogens (tertiary/aromatic N) is 1. The molecule has 0 spiro atoms. The summed E-state index contributed by atoms with van der Waals surface area (Å²) in [4.78, 5) is 25.1. The molecule has 1 heterocycles. The van der Waals surface area contributed by atoms with E-state index >= 15 is 0 Å². The fourth-order valence-electron chi connectivity index (χ4n) is 2.18. The van der Waals surface area contributed by atoms with Gasteiger partial charge in [0.25, 0.3) is 0 Å². The molecule has 1 fully saturated rings. The number of rotatable bonds is 5. The monoisotopic (exact) mass is 273 g/mol. The lowest BCUT2D eigenvalue weighted by molar-refractivity contribution is -0.127. The van der Waals surface area contributed by atoms with Gasteiger partial charge >= 0.3 is 0 Å². The predicted molar refractivity (Wildman–Crippen MR) is 74.7 cm³/mol. The highest BCUT2D eigenvalue weighted by molar-refractivity contribution is 7.80. The van der Waals surface area contributed by atoms with Gasteiger partial charge in [-0.25, -0.2) is 0 Å². The summed E-state index contributed by atoms with van der Waals surface area (Å²) in [5.41, 5.74) is 0. The van der Waals surface area contributed by atoms with Crippen LogP contribution in [0.15, 0.2) is 0 Å². The Morgan fingerprint density at radius 3 is 2.72 bits per heavy atom. The molecule has 1 aliphatic rings. The molecule has 2 atom stereocenters. The first-order chi connectivity index (χ1) is 8.54. The van der Waals surface area contributed by atoms with E-state index in [0.717, 1.165) is 13.0 Å². The second kappa shape index (κ2) is 7.63. The van der Waals surface area contributed by atoms with Crippen molar-refractivity contribution >= 4 is 24.4 Å². The summed E-state index contributed by atoms with van der Waals surface area (Å²) in [6.07, 6.45) is 3.56. The lowest BCUT2D eigenvalue weighted by Gasteiger charge is -2.32. The Bertz CT molecular complexity index is 299. The maximum absolute atomic E-state index is 11.9. The maximum atomic E-state index is 11.9. The molecular weight excluding hydrogens is 250 g/mol. The van der Waals surface area contributed by atoms with Crippen molar-refractivity contribution in [1.82, 2.24) is 15.5 Å². The van der Waals surface area contributed by atoms with Crippen LogP contribution in [0.3, 0.4) is 0 Å². The third-order valence-electron chi connectivity index (χ3n) is 3.31. The van der Waals surface area contributed by atoms with E-state index < -0.39 is 6.04 Å². The number of carbonyl (C=O) groups excluding carboxylic acids is 2. The lowest BCUT2D eigenvalue weighted by atomic mass is 10.0. The minimum absolute atomic E-state index is 0.154. The number of thiol groups is 1. The molecular formula is C12H23N3O2S. The molecule has 1 saturated heterocycles. The van der Waals surface area contributed by atoms with Gasteiger partial charge < -0.3 is 15.5 Å². The average molecular weight is 273 g/mol. The number of nitrogens with one attached hydrogen (secondary N) is 2. The molecule has 1 aliphatic heterocycles. The molecule has 2 unspecified atom stereocenters. The Labute approximate surface area is 114 Å². The zero-order valence-electron chi connectivity index (χ0n) is 11.1. The minimum Gasteiger partial charge on any atom is -0.353 e. The second-order valence-electron chi connectivity index (χ2n) is 4.81. The van der Waals surface area contributed by atoms with Crippen LogP contribution in [0.2, 0.25) is 0 Å². The van der Waals surface area contributed by atoms with Gasteiger partial charge in [-0.3, -0.25) is 9.59 Å². The van der Waals surface area contributed by atoms with E-state index in [2.05, 4.69) is 35.2 Å². The van der Waals surface area contributed by atoms with Crippen molar-refractivity contribution in [2.45, 2.75) is 38.3 Å². The largest absolute Gasteiger partial charge is 0.353 e. The summed E-state index contributed by atoms with van der Waals surface area (Å²) in [7, 11) is 2.08. The van der Waals surface area contributed by atoms with Gasteiger partial charge in [-0.1, -0.05) is 6.42 Å². The van der Waals surface area contributed by atoms with E-state index in [1.54, 1.807) is 0 Å². The summed E-state index contributed by atoms with van der Waals surface area (Å²) in [5.74, 6) is -0.0514. The molecule has 0 aliphatic carbocycles. The van der Waals surface area contributed by atoms with Crippen molar-refractivity contribution < 1.29 is 9.59 Å². The van der Waals surface area contributed by atoms with Crippen LogP contribution in [-0.2, 0) is 9.59 Å². The van der Waals surface area contributed by atoms with Crippen molar-refractivity contribution in [1.29, 1.82) is 0 Å². The van der Waals surface area contributed by atoms with Crippen molar-refractivity contribution in [2.75, 3.05) is 25.9 Å². The molecule has 0 saturated carbocycles. The molecule has 6 heteroatoms. The fourth-order valence-corrected chi connectivity index (χ4v) is 2.44. The highest BCUT2D eigenvalue weighted by Crippen LogP contribution is 2.13. The van der Waals surface area contributed by atoms with Crippen LogP contribution in [0, 0.1) is 0 Å². The number of carbonyl (C=O) groups is 2. The van der Waals surface area contributed by atoms with Crippen LogP contribution < -0.4 is 10.6 Å². The van der Waals surface area contributed by atoms with Crippen LogP contribution in [0.5, 0.6) is 0 Å². The third kappa shape index (κ3) is 4.86. The number of likely N-dealkylation sites (N-methyl/N-ethyl adjacent to an activating group) is 1. The van der Waals surface area contributed by atoms with Crippen molar-refractivity contribution in [2.24, 2.45) is 0 Å². The summed E-state index contributed by atoms with van der Waals surface area (Å²) < 4.78 is 0. The first-order valence-electron chi connectivity index (χ1n) is 6.40.